The molecule has 0 rings (SSSR count). The highest BCUT2D eigenvalue weighted by Gasteiger charge is 1.63. The van der Waals surface area contributed by atoms with Gasteiger partial charge < -0.3 is 5.11 Å². The topological polar surface area (TPSA) is 44.1 Å². The zero-order valence-electron chi connectivity index (χ0n) is 3.45. The lowest BCUT2D eigenvalue weighted by molar-refractivity contribution is 0.416. The van der Waals surface area contributed by atoms with Crippen molar-refractivity contribution in [2.45, 2.75) is 6.92 Å². The van der Waals surface area contributed by atoms with Crippen molar-refractivity contribution in [2.24, 2.45) is 0 Å². The first-order valence-electron chi connectivity index (χ1n) is 1.47. The van der Waals surface area contributed by atoms with Gasteiger partial charge in [-0.15, -0.1) is 0 Å². The molecule has 32 valence electrons. The third-order valence-corrected chi connectivity index (χ3v) is 0.243. The van der Waals surface area contributed by atoms with Gasteiger partial charge in [0.15, 0.2) is 0 Å². The van der Waals surface area contributed by atoms with Gasteiger partial charge >= 0.3 is 0 Å². The maximum absolute atomic E-state index is 8.18. The Kier molecular flexibility index (Phi) is 1.91. The van der Waals surface area contributed by atoms with E-state index in [2.05, 4.69) is 5.73 Å². The summed E-state index contributed by atoms with van der Waals surface area (Å²) in [6.07, 6.45) is 0. The maximum atomic E-state index is 8.18. The second-order valence-electron chi connectivity index (χ2n) is 0.835. The van der Waals surface area contributed by atoms with Gasteiger partial charge in [-0.05, 0) is 5.73 Å². The number of rotatable bonds is 0. The van der Waals surface area contributed by atoms with Crippen molar-refractivity contribution in [1.82, 2.24) is 0 Å². The second kappa shape index (κ2) is 2.28. The van der Waals surface area contributed by atoms with Crippen LogP contribution < -0.4 is 0 Å². The summed E-state index contributed by atoms with van der Waals surface area (Å²) in [6, 6.07) is 0. The Morgan fingerprint density at radius 3 is 2.33 bits per heavy atom. The van der Waals surface area contributed by atoms with Gasteiger partial charge in [0.2, 0.25) is 0 Å². The van der Waals surface area contributed by atoms with Crippen LogP contribution in [-0.2, 0) is 0 Å². The molecule has 0 fully saturated rings. The Morgan fingerprint density at radius 2 is 2.33 bits per heavy atom. The molecule has 0 spiro atoms. The SMILES string of the molecule is CC(O)=C=C=N. The molecule has 0 amide bonds. The zero-order valence-corrected chi connectivity index (χ0v) is 3.45. The molecule has 2 N–H and O–H groups in total. The fourth-order valence-corrected chi connectivity index (χ4v) is 0.0905. The molecule has 0 bridgehead atoms. The third kappa shape index (κ3) is 3.03. The highest BCUT2D eigenvalue weighted by molar-refractivity contribution is 5.46. The molecule has 0 aromatic heterocycles. The predicted octanol–water partition coefficient (Wildman–Crippen LogP) is 0.852. The van der Waals surface area contributed by atoms with Crippen LogP contribution in [0.1, 0.15) is 6.92 Å². The molecule has 0 aliphatic heterocycles. The van der Waals surface area contributed by atoms with Crippen LogP contribution in [0.5, 0.6) is 0 Å². The summed E-state index contributed by atoms with van der Waals surface area (Å²) in [5, 5.41) is 14.4. The summed E-state index contributed by atoms with van der Waals surface area (Å²) in [6.45, 7) is 1.43. The van der Waals surface area contributed by atoms with Gasteiger partial charge in [0, 0.05) is 12.8 Å². The predicted molar refractivity (Wildman–Crippen MR) is 23.1 cm³/mol. The number of nitrogens with one attached hydrogen (secondary N) is 1. The fraction of sp³-hybridized carbons (Fsp3) is 0.250. The van der Waals surface area contributed by atoms with E-state index in [1.807, 2.05) is 0 Å². The minimum atomic E-state index is -0.00926. The van der Waals surface area contributed by atoms with Gasteiger partial charge in [-0.1, -0.05) is 0 Å². The number of allylic oxidation sites excluding steroid dienone is 1. The smallest absolute Gasteiger partial charge is 0.141 e. The van der Waals surface area contributed by atoms with Gasteiger partial charge in [-0.2, -0.15) is 0 Å². The van der Waals surface area contributed by atoms with Crippen molar-refractivity contribution in [1.29, 1.82) is 5.41 Å². The quantitative estimate of drug-likeness (QED) is 0.254. The number of hydrogen-bond acceptors (Lipinski definition) is 2. The lowest BCUT2D eigenvalue weighted by atomic mass is 10.6. The lowest BCUT2D eigenvalue weighted by Crippen LogP contribution is -1.59. The maximum Gasteiger partial charge on any atom is 0.141 e. The summed E-state index contributed by atoms with van der Waals surface area (Å²) in [5.41, 5.74) is 2.10. The van der Waals surface area contributed by atoms with E-state index in [-0.39, 0.29) is 5.76 Å². The Morgan fingerprint density at radius 1 is 1.83 bits per heavy atom. The van der Waals surface area contributed by atoms with Crippen LogP contribution in [0.3, 0.4) is 0 Å². The van der Waals surface area contributed by atoms with Crippen LogP contribution in [0.25, 0.3) is 0 Å². The van der Waals surface area contributed by atoms with Gasteiger partial charge in [0.25, 0.3) is 0 Å². The first-order chi connectivity index (χ1) is 2.77. The van der Waals surface area contributed by atoms with Crippen molar-refractivity contribution in [3.63, 3.8) is 0 Å². The van der Waals surface area contributed by atoms with Crippen LogP contribution in [0.4, 0.5) is 0 Å². The summed E-state index contributed by atoms with van der Waals surface area (Å²) in [4.78, 5) is 0. The monoisotopic (exact) mass is 83.0 g/mol. The largest absolute Gasteiger partial charge is 0.504 e. The molecule has 0 heterocycles. The van der Waals surface area contributed by atoms with E-state index in [0.29, 0.717) is 0 Å². The number of aliphatic hydroxyl groups is 1. The minimum Gasteiger partial charge on any atom is -0.504 e. The van der Waals surface area contributed by atoms with Crippen molar-refractivity contribution >= 4 is 5.87 Å². The van der Waals surface area contributed by atoms with E-state index in [1.54, 1.807) is 5.87 Å². The molecule has 0 saturated heterocycles. The fourth-order valence-electron chi connectivity index (χ4n) is 0.0905. The highest BCUT2D eigenvalue weighted by atomic mass is 16.3. The van der Waals surface area contributed by atoms with Crippen LogP contribution in [-0.4, -0.2) is 11.0 Å². The molecule has 0 aliphatic rings. The van der Waals surface area contributed by atoms with E-state index in [4.69, 9.17) is 10.5 Å². The van der Waals surface area contributed by atoms with Crippen molar-refractivity contribution < 1.29 is 5.11 Å². The van der Waals surface area contributed by atoms with Crippen LogP contribution >= 0.6 is 0 Å². The molecule has 2 heteroatoms. The first-order valence-corrected chi connectivity index (χ1v) is 1.47. The molecule has 6 heavy (non-hydrogen) atoms. The van der Waals surface area contributed by atoms with Gasteiger partial charge in [-0.3, -0.25) is 5.41 Å². The van der Waals surface area contributed by atoms with Gasteiger partial charge in [-0.25, -0.2) is 0 Å². The van der Waals surface area contributed by atoms with Gasteiger partial charge in [0.1, 0.15) is 5.76 Å². The third-order valence-electron chi connectivity index (χ3n) is 0.243. The van der Waals surface area contributed by atoms with Crippen molar-refractivity contribution in [3.05, 3.63) is 11.5 Å². The summed E-state index contributed by atoms with van der Waals surface area (Å²) in [7, 11) is 0. The van der Waals surface area contributed by atoms with Crippen molar-refractivity contribution in [2.75, 3.05) is 0 Å². The average Bonchev–Trinajstić information content (AvgIpc) is 1.35. The molecule has 0 aliphatic carbocycles. The van der Waals surface area contributed by atoms with E-state index >= 15 is 0 Å². The first kappa shape index (κ1) is 5.03. The Labute approximate surface area is 35.9 Å². The number of aliphatic hydroxyl groups excluding tert-OH is 1. The standard InChI is InChI=1S/C4H5NO/c1-4(6)2-3-5/h5-6H,1H3. The Bertz CT molecular complexity index is 112. The van der Waals surface area contributed by atoms with E-state index in [9.17, 15) is 0 Å². The number of hydrogen-bond donors (Lipinski definition) is 2. The molecule has 0 saturated carbocycles. The average molecular weight is 83.1 g/mol. The van der Waals surface area contributed by atoms with E-state index in [1.165, 1.54) is 6.92 Å². The zero-order chi connectivity index (χ0) is 4.99. The van der Waals surface area contributed by atoms with Crippen LogP contribution in [0.15, 0.2) is 11.5 Å². The molecular weight excluding hydrogens is 78.0 g/mol. The summed E-state index contributed by atoms with van der Waals surface area (Å²) < 4.78 is 0. The Hall–Kier alpha value is -0.970. The molecular formula is C4H5NO. The Balaban J connectivity index is 4.13. The molecule has 2 nitrogen and oxygen atoms in total. The minimum absolute atomic E-state index is 0.00926. The molecule has 0 aromatic rings. The molecule has 0 unspecified atom stereocenters. The summed E-state index contributed by atoms with van der Waals surface area (Å²) in [5.74, 6) is 1.77. The summed E-state index contributed by atoms with van der Waals surface area (Å²) >= 11 is 0. The van der Waals surface area contributed by atoms with Crippen molar-refractivity contribution in [3.8, 4) is 0 Å². The lowest BCUT2D eigenvalue weighted by Gasteiger charge is -1.68. The van der Waals surface area contributed by atoms with Gasteiger partial charge in [0.05, 0.1) is 0 Å². The van der Waals surface area contributed by atoms with Crippen LogP contribution in [0, 0.1) is 5.41 Å². The second-order valence-corrected chi connectivity index (χ2v) is 0.835. The highest BCUT2D eigenvalue weighted by Crippen LogP contribution is 1.70. The molecule has 0 radical (unpaired) electrons. The molecule has 0 atom stereocenters. The van der Waals surface area contributed by atoms with Crippen LogP contribution in [0.2, 0.25) is 0 Å². The molecule has 0 aromatic carbocycles. The normalized spacial score (nSPS) is 5.50. The van der Waals surface area contributed by atoms with E-state index < -0.39 is 0 Å². The van der Waals surface area contributed by atoms with E-state index in [0.717, 1.165) is 0 Å².